The van der Waals surface area contributed by atoms with E-state index in [9.17, 15) is 9.90 Å². The molecule has 0 aliphatic heterocycles. The molecule has 1 aliphatic rings. The van der Waals surface area contributed by atoms with Crippen molar-refractivity contribution >= 4 is 11.9 Å². The van der Waals surface area contributed by atoms with E-state index in [0.29, 0.717) is 0 Å². The minimum atomic E-state index is -0.250. The first-order chi connectivity index (χ1) is 13.7. The summed E-state index contributed by atoms with van der Waals surface area (Å²) >= 11 is 0. The minimum absolute atomic E-state index is 0.0488. The quantitative estimate of drug-likeness (QED) is 0.449. The molecule has 1 radical (unpaired) electrons. The van der Waals surface area contributed by atoms with E-state index < -0.39 is 0 Å². The summed E-state index contributed by atoms with van der Waals surface area (Å²) in [6.07, 6.45) is 6.27. The van der Waals surface area contributed by atoms with Crippen LogP contribution in [0.25, 0.3) is 6.08 Å². The highest BCUT2D eigenvalue weighted by atomic mass is 16.3. The summed E-state index contributed by atoms with van der Waals surface area (Å²) in [6.45, 7) is 25.4. The summed E-state index contributed by atoms with van der Waals surface area (Å²) in [4.78, 5) is 13.3. The molecule has 1 aliphatic carbocycles. The van der Waals surface area contributed by atoms with Crippen LogP contribution in [-0.4, -0.2) is 5.78 Å². The molecule has 0 heterocycles. The molecule has 2 rings (SSSR count). The zero-order valence-corrected chi connectivity index (χ0v) is 21.7. The van der Waals surface area contributed by atoms with Gasteiger partial charge in [-0.25, -0.2) is 0 Å². The van der Waals surface area contributed by atoms with Crippen LogP contribution in [0.2, 0.25) is 0 Å². The maximum absolute atomic E-state index is 13.3. The normalized spacial score (nSPS) is 16.3. The lowest BCUT2D eigenvalue weighted by Gasteiger charge is -2.32. The Morgan fingerprint density at radius 2 is 0.968 bits per heavy atom. The van der Waals surface area contributed by atoms with Crippen LogP contribution >= 0.6 is 0 Å². The number of Topliss-reactive ketones (excluding diaryl/α,β-unsaturated/α-hetero) is 1. The second kappa shape index (κ2) is 7.80. The lowest BCUT2D eigenvalue weighted by Crippen LogP contribution is -2.28. The minimum Gasteiger partial charge on any atom is -0.290 e. The predicted molar refractivity (Wildman–Crippen MR) is 132 cm³/mol. The number of allylic oxidation sites excluding steroid dienone is 5. The number of carbonyl (C=O) groups excluding carboxylic acids is 1. The topological polar surface area (TPSA) is 37.0 Å². The van der Waals surface area contributed by atoms with Gasteiger partial charge in [-0.2, -0.15) is 0 Å². The van der Waals surface area contributed by atoms with Crippen LogP contribution in [-0.2, 0) is 20.7 Å². The molecule has 2 heteroatoms. The van der Waals surface area contributed by atoms with Gasteiger partial charge in [0.15, 0.2) is 11.5 Å². The van der Waals surface area contributed by atoms with Crippen LogP contribution in [0, 0.1) is 10.8 Å². The Morgan fingerprint density at radius 1 is 0.613 bits per heavy atom. The predicted octanol–water partition coefficient (Wildman–Crippen LogP) is 8.34. The molecule has 31 heavy (non-hydrogen) atoms. The Hall–Kier alpha value is -2.09. The SMILES string of the molecule is CC(C)(C)C1=CC(=Cc2c(C(C)(C)C)cc([O])cc2C(C)(C)C)C=C(C(C)(C)C)C1=O. The summed E-state index contributed by atoms with van der Waals surface area (Å²) in [5, 5.41) is 12.6. The van der Waals surface area contributed by atoms with Gasteiger partial charge in [0.05, 0.1) is 0 Å². The molecule has 0 saturated heterocycles. The van der Waals surface area contributed by atoms with Crippen molar-refractivity contribution in [3.8, 4) is 5.75 Å². The molecule has 0 saturated carbocycles. The molecule has 0 aromatic heterocycles. The van der Waals surface area contributed by atoms with Gasteiger partial charge in [-0.1, -0.05) is 83.1 Å². The highest BCUT2D eigenvalue weighted by Gasteiger charge is 2.34. The third-order valence-corrected chi connectivity index (χ3v) is 5.81. The molecule has 0 bridgehead atoms. The standard InChI is InChI=1S/C29H41O2/c1-26(2,3)21-16-19(30)17-22(27(4,5)6)20(21)13-18-14-23(28(7,8)9)25(31)24(15-18)29(10,11)12/h13-17H,1-12H3. The van der Waals surface area contributed by atoms with Crippen molar-refractivity contribution < 1.29 is 9.90 Å². The molecule has 1 aromatic rings. The van der Waals surface area contributed by atoms with E-state index in [1.165, 1.54) is 0 Å². The van der Waals surface area contributed by atoms with E-state index in [-0.39, 0.29) is 33.2 Å². The highest BCUT2D eigenvalue weighted by Crippen LogP contribution is 2.42. The molecule has 0 atom stereocenters. The number of hydrogen-bond acceptors (Lipinski definition) is 1. The van der Waals surface area contributed by atoms with Gasteiger partial charge in [0.1, 0.15) is 0 Å². The summed E-state index contributed by atoms with van der Waals surface area (Å²) in [5.74, 6) is 0.187. The van der Waals surface area contributed by atoms with Gasteiger partial charge in [0.25, 0.3) is 0 Å². The maximum atomic E-state index is 13.3. The molecule has 1 aromatic carbocycles. The van der Waals surface area contributed by atoms with Gasteiger partial charge < -0.3 is 0 Å². The van der Waals surface area contributed by atoms with Crippen molar-refractivity contribution in [1.29, 1.82) is 0 Å². The average Bonchev–Trinajstić information content (AvgIpc) is 2.53. The van der Waals surface area contributed by atoms with Crippen LogP contribution in [0.4, 0.5) is 0 Å². The summed E-state index contributed by atoms with van der Waals surface area (Å²) in [6, 6.07) is 3.55. The fraction of sp³-hybridized carbons (Fsp3) is 0.552. The smallest absolute Gasteiger partial charge is 0.186 e. The van der Waals surface area contributed by atoms with Crippen LogP contribution in [0.1, 0.15) is 99.8 Å². The van der Waals surface area contributed by atoms with Crippen molar-refractivity contribution in [3.63, 3.8) is 0 Å². The number of ketones is 1. The molecule has 0 fully saturated rings. The molecule has 0 unspecified atom stereocenters. The van der Waals surface area contributed by atoms with Crippen molar-refractivity contribution in [3.05, 3.63) is 57.7 Å². The van der Waals surface area contributed by atoms with Gasteiger partial charge >= 0.3 is 0 Å². The van der Waals surface area contributed by atoms with Crippen molar-refractivity contribution in [2.45, 2.75) is 93.9 Å². The van der Waals surface area contributed by atoms with Gasteiger partial charge in [-0.15, -0.1) is 0 Å². The third kappa shape index (κ3) is 5.59. The Morgan fingerprint density at radius 3 is 1.26 bits per heavy atom. The van der Waals surface area contributed by atoms with E-state index in [1.54, 1.807) is 12.1 Å². The van der Waals surface area contributed by atoms with E-state index in [0.717, 1.165) is 33.4 Å². The first kappa shape index (κ1) is 25.2. The number of benzene rings is 1. The Bertz CT molecular complexity index is 899. The van der Waals surface area contributed by atoms with Gasteiger partial charge in [0, 0.05) is 11.1 Å². The fourth-order valence-electron chi connectivity index (χ4n) is 4.04. The summed E-state index contributed by atoms with van der Waals surface area (Å²) < 4.78 is 0. The largest absolute Gasteiger partial charge is 0.290 e. The molecule has 2 nitrogen and oxygen atoms in total. The lowest BCUT2D eigenvalue weighted by atomic mass is 9.71. The molecule has 0 N–H and O–H groups in total. The zero-order valence-electron chi connectivity index (χ0n) is 21.7. The first-order valence-corrected chi connectivity index (χ1v) is 11.3. The van der Waals surface area contributed by atoms with E-state index in [4.69, 9.17) is 0 Å². The van der Waals surface area contributed by atoms with Gasteiger partial charge in [0.2, 0.25) is 0 Å². The first-order valence-electron chi connectivity index (χ1n) is 11.3. The van der Waals surface area contributed by atoms with Crippen molar-refractivity contribution in [2.24, 2.45) is 10.8 Å². The molecular weight excluding hydrogens is 380 g/mol. The van der Waals surface area contributed by atoms with Crippen LogP contribution in [0.5, 0.6) is 5.75 Å². The van der Waals surface area contributed by atoms with E-state index in [1.807, 2.05) is 12.2 Å². The van der Waals surface area contributed by atoms with Crippen LogP contribution in [0.15, 0.2) is 41.0 Å². The highest BCUT2D eigenvalue weighted by molar-refractivity contribution is 6.12. The Labute approximate surface area is 190 Å². The molecular formula is C29H41O2. The van der Waals surface area contributed by atoms with Gasteiger partial charge in [-0.05, 0) is 74.3 Å². The number of carbonyl (C=O) groups is 1. The van der Waals surface area contributed by atoms with Crippen molar-refractivity contribution in [1.82, 2.24) is 0 Å². The Balaban J connectivity index is 2.93. The molecule has 169 valence electrons. The maximum Gasteiger partial charge on any atom is 0.186 e. The molecule has 0 spiro atoms. The second-order valence-corrected chi connectivity index (χ2v) is 13.0. The zero-order chi connectivity index (χ0) is 24.2. The number of rotatable bonds is 1. The summed E-state index contributed by atoms with van der Waals surface area (Å²) in [7, 11) is 0. The average molecular weight is 422 g/mol. The molecule has 0 amide bonds. The monoisotopic (exact) mass is 421 g/mol. The van der Waals surface area contributed by atoms with E-state index >= 15 is 0 Å². The third-order valence-electron chi connectivity index (χ3n) is 5.81. The number of hydrogen-bond donors (Lipinski definition) is 0. The fourth-order valence-corrected chi connectivity index (χ4v) is 4.04. The Kier molecular flexibility index (Phi) is 6.33. The lowest BCUT2D eigenvalue weighted by molar-refractivity contribution is -0.114. The van der Waals surface area contributed by atoms with Crippen molar-refractivity contribution in [2.75, 3.05) is 0 Å². The summed E-state index contributed by atoms with van der Waals surface area (Å²) in [5.41, 5.74) is 5.02. The van der Waals surface area contributed by atoms with Crippen LogP contribution < -0.4 is 0 Å². The van der Waals surface area contributed by atoms with Gasteiger partial charge in [-0.3, -0.25) is 9.90 Å². The van der Waals surface area contributed by atoms with E-state index in [2.05, 4.69) is 89.2 Å². The second-order valence-electron chi connectivity index (χ2n) is 13.0. The van der Waals surface area contributed by atoms with Crippen LogP contribution in [0.3, 0.4) is 0 Å².